The van der Waals surface area contributed by atoms with Gasteiger partial charge in [0.2, 0.25) is 12.1 Å². The van der Waals surface area contributed by atoms with E-state index in [1.54, 1.807) is 44.5 Å². The third-order valence-corrected chi connectivity index (χ3v) is 5.06. The van der Waals surface area contributed by atoms with Gasteiger partial charge in [0.25, 0.3) is 5.91 Å². The van der Waals surface area contributed by atoms with E-state index in [0.29, 0.717) is 22.8 Å². The summed E-state index contributed by atoms with van der Waals surface area (Å²) < 4.78 is 6.06. The predicted molar refractivity (Wildman–Crippen MR) is 120 cm³/mol. The van der Waals surface area contributed by atoms with Crippen molar-refractivity contribution in [3.05, 3.63) is 77.1 Å². The van der Waals surface area contributed by atoms with Crippen molar-refractivity contribution in [2.45, 2.75) is 12.8 Å². The highest BCUT2D eigenvalue weighted by atomic mass is 16.5. The Labute approximate surface area is 185 Å². The zero-order chi connectivity index (χ0) is 22.8. The Morgan fingerprint density at radius 3 is 2.62 bits per heavy atom. The number of aliphatic hydroxyl groups excluding tert-OH is 1. The van der Waals surface area contributed by atoms with E-state index in [1.165, 1.54) is 4.90 Å². The molecule has 4 rings (SSSR count). The zero-order valence-corrected chi connectivity index (χ0v) is 18.1. The summed E-state index contributed by atoms with van der Waals surface area (Å²) in [6.45, 7) is -0.0697. The van der Waals surface area contributed by atoms with Crippen LogP contribution < -0.4 is 5.73 Å². The quantitative estimate of drug-likeness (QED) is 0.635. The second kappa shape index (κ2) is 8.64. The fraction of sp³-hybridized carbons (Fsp3) is 0.217. The summed E-state index contributed by atoms with van der Waals surface area (Å²) >= 11 is 0. The maximum atomic E-state index is 12.1. The van der Waals surface area contributed by atoms with Gasteiger partial charge in [-0.2, -0.15) is 0 Å². The molecule has 0 saturated heterocycles. The van der Waals surface area contributed by atoms with Crippen molar-refractivity contribution in [1.82, 2.24) is 19.9 Å². The van der Waals surface area contributed by atoms with E-state index in [0.717, 1.165) is 16.7 Å². The maximum Gasteiger partial charge on any atom is 0.253 e. The number of aliphatic hydroxyl groups is 1. The number of hydrogen-bond acceptors (Lipinski definition) is 8. The van der Waals surface area contributed by atoms with Gasteiger partial charge in [-0.15, -0.1) is 5.10 Å². The third-order valence-electron chi connectivity index (χ3n) is 5.06. The largest absolute Gasteiger partial charge is 0.444 e. The summed E-state index contributed by atoms with van der Waals surface area (Å²) in [7, 11) is 5.19. The first-order valence-corrected chi connectivity index (χ1v) is 10.00. The number of carbonyl (C=O) groups is 1. The van der Waals surface area contributed by atoms with Crippen LogP contribution in [0.25, 0.3) is 11.3 Å². The molecule has 2 aromatic carbocycles. The van der Waals surface area contributed by atoms with Crippen molar-refractivity contribution in [2.24, 2.45) is 5.10 Å². The van der Waals surface area contributed by atoms with Gasteiger partial charge in [-0.05, 0) is 29.8 Å². The third kappa shape index (κ3) is 4.10. The minimum absolute atomic E-state index is 0.0697. The number of aromatic nitrogens is 2. The van der Waals surface area contributed by atoms with Crippen LogP contribution in [0.1, 0.15) is 33.4 Å². The van der Waals surface area contributed by atoms with Crippen molar-refractivity contribution in [2.75, 3.05) is 26.9 Å². The molecule has 0 fully saturated rings. The number of benzene rings is 2. The zero-order valence-electron chi connectivity index (χ0n) is 18.1. The first-order valence-electron chi connectivity index (χ1n) is 10.00. The van der Waals surface area contributed by atoms with Crippen LogP contribution in [0.4, 0.5) is 5.82 Å². The molecule has 164 valence electrons. The van der Waals surface area contributed by atoms with Crippen LogP contribution in [-0.4, -0.2) is 57.9 Å². The number of anilines is 1. The van der Waals surface area contributed by atoms with E-state index in [4.69, 9.17) is 10.5 Å². The van der Waals surface area contributed by atoms with E-state index < -0.39 is 6.23 Å². The lowest BCUT2D eigenvalue weighted by Crippen LogP contribution is -2.21. The van der Waals surface area contributed by atoms with Crippen molar-refractivity contribution >= 4 is 17.6 Å². The van der Waals surface area contributed by atoms with Gasteiger partial charge >= 0.3 is 0 Å². The van der Waals surface area contributed by atoms with Gasteiger partial charge in [-0.3, -0.25) is 9.80 Å². The number of nitrogens with zero attached hydrogens (tertiary/aromatic N) is 5. The average molecular weight is 432 g/mol. The van der Waals surface area contributed by atoms with Crippen molar-refractivity contribution in [1.29, 1.82) is 0 Å². The molecule has 9 heteroatoms. The van der Waals surface area contributed by atoms with E-state index in [-0.39, 0.29) is 18.3 Å². The van der Waals surface area contributed by atoms with Gasteiger partial charge in [0.1, 0.15) is 5.69 Å². The molecule has 1 unspecified atom stereocenters. The van der Waals surface area contributed by atoms with Crippen LogP contribution in [0.2, 0.25) is 0 Å². The molecule has 1 amide bonds. The summed E-state index contributed by atoms with van der Waals surface area (Å²) in [4.78, 5) is 22.6. The molecular weight excluding hydrogens is 408 g/mol. The summed E-state index contributed by atoms with van der Waals surface area (Å²) in [6.07, 6.45) is 0.938. The van der Waals surface area contributed by atoms with E-state index in [9.17, 15) is 9.90 Å². The molecule has 1 aliphatic rings. The van der Waals surface area contributed by atoms with Crippen LogP contribution in [-0.2, 0) is 11.3 Å². The Morgan fingerprint density at radius 1 is 1.19 bits per heavy atom. The number of hydrogen-bond donors (Lipinski definition) is 2. The summed E-state index contributed by atoms with van der Waals surface area (Å²) in [5.41, 5.74) is 10.1. The molecule has 3 aromatic rings. The molecular formula is C23H24N6O3. The number of hydrazone groups is 1. The minimum Gasteiger partial charge on any atom is -0.444 e. The number of amides is 1. The smallest absolute Gasteiger partial charge is 0.253 e. The Bertz CT molecular complexity index is 1180. The van der Waals surface area contributed by atoms with Gasteiger partial charge in [-0.1, -0.05) is 24.3 Å². The lowest BCUT2D eigenvalue weighted by molar-refractivity contribution is 0.0744. The van der Waals surface area contributed by atoms with Crippen molar-refractivity contribution < 1.29 is 14.6 Å². The van der Waals surface area contributed by atoms with Gasteiger partial charge < -0.3 is 20.5 Å². The molecule has 0 spiro atoms. The number of ether oxygens (including phenoxy) is 1. The second-order valence-electron chi connectivity index (χ2n) is 7.61. The Morgan fingerprint density at radius 2 is 1.94 bits per heavy atom. The molecule has 32 heavy (non-hydrogen) atoms. The molecule has 9 nitrogen and oxygen atoms in total. The van der Waals surface area contributed by atoms with Crippen LogP contribution in [0, 0.1) is 0 Å². The number of nitrogen functional groups attached to an aromatic ring is 1. The van der Waals surface area contributed by atoms with Gasteiger partial charge in [0, 0.05) is 37.8 Å². The molecule has 1 aliphatic heterocycles. The van der Waals surface area contributed by atoms with Crippen molar-refractivity contribution in [3.8, 4) is 11.3 Å². The fourth-order valence-corrected chi connectivity index (χ4v) is 3.34. The van der Waals surface area contributed by atoms with E-state index in [1.807, 2.05) is 36.4 Å². The van der Waals surface area contributed by atoms with Crippen LogP contribution in [0.5, 0.6) is 0 Å². The van der Waals surface area contributed by atoms with Gasteiger partial charge in [0.15, 0.2) is 5.82 Å². The molecule has 0 aliphatic carbocycles. The number of carbonyl (C=O) groups excluding carboxylic acids is 1. The van der Waals surface area contributed by atoms with Crippen molar-refractivity contribution in [3.63, 3.8) is 0 Å². The summed E-state index contributed by atoms with van der Waals surface area (Å²) in [6, 6.07) is 14.5. The second-order valence-corrected chi connectivity index (χ2v) is 7.61. The molecule has 2 heterocycles. The lowest BCUT2D eigenvalue weighted by Gasteiger charge is -2.19. The van der Waals surface area contributed by atoms with E-state index >= 15 is 0 Å². The Balaban J connectivity index is 1.60. The van der Waals surface area contributed by atoms with Gasteiger partial charge in [-0.25, -0.2) is 9.97 Å². The SMILES string of the molecule is CN(C)C(=O)c1ccc(-c2cnc(N)c(C3OC(c4cccc(CO)c4)=NN3C)n2)cc1. The van der Waals surface area contributed by atoms with Gasteiger partial charge in [0.05, 0.1) is 18.5 Å². The standard InChI is InChI=1S/C23H24N6O3/c1-28(2)22(31)16-9-7-15(8-10-16)18-12-25-20(24)19(26-18)23-29(3)27-21(32-23)17-6-4-5-14(11-17)13-30/h4-12,23,30H,13H2,1-3H3,(H2,24,25). The molecule has 1 atom stereocenters. The normalized spacial score (nSPS) is 15.3. The molecule has 3 N–H and O–H groups in total. The number of nitrogens with two attached hydrogens (primary N) is 1. The fourth-order valence-electron chi connectivity index (χ4n) is 3.34. The monoisotopic (exact) mass is 432 g/mol. The molecule has 0 saturated carbocycles. The first kappa shape index (κ1) is 21.3. The predicted octanol–water partition coefficient (Wildman–Crippen LogP) is 2.24. The maximum absolute atomic E-state index is 12.1. The minimum atomic E-state index is -0.648. The Kier molecular flexibility index (Phi) is 5.74. The topological polar surface area (TPSA) is 117 Å². The lowest BCUT2D eigenvalue weighted by atomic mass is 10.1. The molecule has 0 radical (unpaired) electrons. The highest BCUT2D eigenvalue weighted by Crippen LogP contribution is 2.31. The highest BCUT2D eigenvalue weighted by molar-refractivity contribution is 5.95. The average Bonchev–Trinajstić information content (AvgIpc) is 3.20. The molecule has 0 bridgehead atoms. The van der Waals surface area contributed by atoms with Crippen LogP contribution in [0.15, 0.2) is 59.8 Å². The van der Waals surface area contributed by atoms with E-state index in [2.05, 4.69) is 15.1 Å². The highest BCUT2D eigenvalue weighted by Gasteiger charge is 2.31. The van der Waals surface area contributed by atoms with Crippen LogP contribution >= 0.6 is 0 Å². The first-order chi connectivity index (χ1) is 15.4. The van der Waals surface area contributed by atoms with Crippen LogP contribution in [0.3, 0.4) is 0 Å². The number of rotatable bonds is 5. The Hall–Kier alpha value is -3.98. The summed E-state index contributed by atoms with van der Waals surface area (Å²) in [5.74, 6) is 0.577. The molecule has 1 aromatic heterocycles. The summed E-state index contributed by atoms with van der Waals surface area (Å²) in [5, 5.41) is 15.5.